The topological polar surface area (TPSA) is 77.0 Å². The van der Waals surface area contributed by atoms with Crippen LogP contribution in [-0.4, -0.2) is 43.6 Å². The summed E-state index contributed by atoms with van der Waals surface area (Å²) in [6, 6.07) is 5.64. The molecular formula is C18H19N5O2. The van der Waals surface area contributed by atoms with E-state index in [2.05, 4.69) is 19.7 Å². The van der Waals surface area contributed by atoms with Gasteiger partial charge < -0.3 is 14.0 Å². The van der Waals surface area contributed by atoms with E-state index < -0.39 is 0 Å². The summed E-state index contributed by atoms with van der Waals surface area (Å²) in [7, 11) is 0. The second-order valence-electron chi connectivity index (χ2n) is 6.25. The summed E-state index contributed by atoms with van der Waals surface area (Å²) in [5.41, 5.74) is 1.14. The first-order valence-corrected chi connectivity index (χ1v) is 8.38. The third-order valence-corrected chi connectivity index (χ3v) is 4.61. The first-order chi connectivity index (χ1) is 12.2. The quantitative estimate of drug-likeness (QED) is 0.734. The number of pyridine rings is 1. The van der Waals surface area contributed by atoms with E-state index in [0.717, 1.165) is 30.8 Å². The number of nitrogens with zero attached hydrogens (tertiary/aromatic N) is 5. The van der Waals surface area contributed by atoms with Gasteiger partial charge in [-0.05, 0) is 31.9 Å². The fraction of sp³-hybridized carbons (Fsp3) is 0.333. The highest BCUT2D eigenvalue weighted by Crippen LogP contribution is 2.25. The molecule has 1 saturated heterocycles. The smallest absolute Gasteiger partial charge is 0.276 e. The van der Waals surface area contributed by atoms with Gasteiger partial charge in [0.05, 0.1) is 6.04 Å². The van der Waals surface area contributed by atoms with E-state index in [9.17, 15) is 4.79 Å². The van der Waals surface area contributed by atoms with Gasteiger partial charge in [0.25, 0.3) is 5.91 Å². The third-order valence-electron chi connectivity index (χ3n) is 4.61. The predicted molar refractivity (Wildman–Crippen MR) is 90.9 cm³/mol. The number of hydrogen-bond acceptors (Lipinski definition) is 5. The molecule has 0 saturated carbocycles. The lowest BCUT2D eigenvalue weighted by Gasteiger charge is -2.33. The van der Waals surface area contributed by atoms with Crippen LogP contribution in [0.2, 0.25) is 0 Å². The standard InChI is InChI=1S/C18H19N5O2/c1-13-20-7-9-23(13)15-5-3-8-22(12-15)18(24)16-10-17(25-21-16)14-4-2-6-19-11-14/h2,4,6-7,9-11,15H,3,5,8,12H2,1H3/t15-/m0/s1. The molecule has 1 aliphatic heterocycles. The molecule has 3 aromatic rings. The highest BCUT2D eigenvalue weighted by molar-refractivity contribution is 5.93. The van der Waals surface area contributed by atoms with Crippen molar-refractivity contribution in [3.05, 3.63) is 54.5 Å². The Kier molecular flexibility index (Phi) is 4.05. The zero-order chi connectivity index (χ0) is 17.2. The fourth-order valence-electron chi connectivity index (χ4n) is 3.32. The molecule has 25 heavy (non-hydrogen) atoms. The van der Waals surface area contributed by atoms with Crippen molar-refractivity contribution < 1.29 is 9.32 Å². The highest BCUT2D eigenvalue weighted by Gasteiger charge is 2.28. The maximum atomic E-state index is 12.8. The van der Waals surface area contributed by atoms with Crippen LogP contribution in [0, 0.1) is 6.92 Å². The normalized spacial score (nSPS) is 17.6. The molecule has 1 aliphatic rings. The lowest BCUT2D eigenvalue weighted by Crippen LogP contribution is -2.40. The second kappa shape index (κ2) is 6.51. The van der Waals surface area contributed by atoms with Crippen LogP contribution in [0.5, 0.6) is 0 Å². The lowest BCUT2D eigenvalue weighted by atomic mass is 10.0. The molecule has 3 aromatic heterocycles. The van der Waals surface area contributed by atoms with Crippen LogP contribution in [-0.2, 0) is 0 Å². The van der Waals surface area contributed by atoms with Gasteiger partial charge in [0, 0.05) is 49.5 Å². The minimum absolute atomic E-state index is 0.0960. The van der Waals surface area contributed by atoms with Gasteiger partial charge in [0.15, 0.2) is 11.5 Å². The average molecular weight is 337 g/mol. The zero-order valence-electron chi connectivity index (χ0n) is 14.0. The van der Waals surface area contributed by atoms with Crippen molar-refractivity contribution in [2.45, 2.75) is 25.8 Å². The molecule has 0 bridgehead atoms. The van der Waals surface area contributed by atoms with E-state index >= 15 is 0 Å². The van der Waals surface area contributed by atoms with E-state index in [-0.39, 0.29) is 11.9 Å². The van der Waals surface area contributed by atoms with Gasteiger partial charge in [-0.15, -0.1) is 0 Å². The number of aromatic nitrogens is 4. The minimum Gasteiger partial charge on any atom is -0.355 e. The Morgan fingerprint density at radius 2 is 2.28 bits per heavy atom. The Morgan fingerprint density at radius 1 is 1.36 bits per heavy atom. The van der Waals surface area contributed by atoms with Crippen molar-refractivity contribution in [1.82, 2.24) is 24.6 Å². The third kappa shape index (κ3) is 3.05. The Morgan fingerprint density at radius 3 is 3.04 bits per heavy atom. The van der Waals surface area contributed by atoms with Crippen LogP contribution in [0.1, 0.15) is 35.2 Å². The van der Waals surface area contributed by atoms with Gasteiger partial charge >= 0.3 is 0 Å². The van der Waals surface area contributed by atoms with Crippen molar-refractivity contribution >= 4 is 5.91 Å². The molecule has 128 valence electrons. The molecule has 4 rings (SSSR count). The second-order valence-corrected chi connectivity index (χ2v) is 6.25. The first-order valence-electron chi connectivity index (χ1n) is 8.38. The van der Waals surface area contributed by atoms with Gasteiger partial charge in [0.2, 0.25) is 0 Å². The number of rotatable bonds is 3. The van der Waals surface area contributed by atoms with Gasteiger partial charge in [-0.25, -0.2) is 4.98 Å². The summed E-state index contributed by atoms with van der Waals surface area (Å²) < 4.78 is 7.47. The molecule has 1 atom stereocenters. The van der Waals surface area contributed by atoms with Crippen molar-refractivity contribution in [2.24, 2.45) is 0 Å². The molecular weight excluding hydrogens is 318 g/mol. The molecule has 0 radical (unpaired) electrons. The summed E-state index contributed by atoms with van der Waals surface area (Å²) in [6.07, 6.45) is 9.16. The van der Waals surface area contributed by atoms with Gasteiger partial charge in [-0.3, -0.25) is 9.78 Å². The molecule has 0 spiro atoms. The van der Waals surface area contributed by atoms with E-state index in [1.807, 2.05) is 30.2 Å². The van der Waals surface area contributed by atoms with Crippen LogP contribution in [0.15, 0.2) is 47.5 Å². The molecule has 0 unspecified atom stereocenters. The number of likely N-dealkylation sites (tertiary alicyclic amines) is 1. The van der Waals surface area contributed by atoms with Gasteiger partial charge in [0.1, 0.15) is 5.82 Å². The number of hydrogen-bond donors (Lipinski definition) is 0. The number of piperidine rings is 1. The summed E-state index contributed by atoms with van der Waals surface area (Å²) in [5, 5.41) is 3.96. The van der Waals surface area contributed by atoms with Crippen molar-refractivity contribution in [2.75, 3.05) is 13.1 Å². The SMILES string of the molecule is Cc1nccn1[C@H]1CCCN(C(=O)c2cc(-c3cccnc3)on2)C1. The highest BCUT2D eigenvalue weighted by atomic mass is 16.5. The zero-order valence-corrected chi connectivity index (χ0v) is 14.0. The van der Waals surface area contributed by atoms with Crippen LogP contribution in [0.4, 0.5) is 0 Å². The number of imidazole rings is 1. The van der Waals surface area contributed by atoms with Gasteiger partial charge in [-0.2, -0.15) is 0 Å². The Labute approximate surface area is 145 Å². The Hall–Kier alpha value is -2.96. The van der Waals surface area contributed by atoms with Gasteiger partial charge in [-0.1, -0.05) is 5.16 Å². The molecule has 0 aromatic carbocycles. The maximum absolute atomic E-state index is 12.8. The average Bonchev–Trinajstić information content (AvgIpc) is 3.31. The van der Waals surface area contributed by atoms with E-state index in [1.54, 1.807) is 24.7 Å². The summed E-state index contributed by atoms with van der Waals surface area (Å²) in [4.78, 5) is 23.0. The van der Waals surface area contributed by atoms with Crippen molar-refractivity contribution in [1.29, 1.82) is 0 Å². The summed E-state index contributed by atoms with van der Waals surface area (Å²) in [5.74, 6) is 1.43. The van der Waals surface area contributed by atoms with E-state index in [4.69, 9.17) is 4.52 Å². The monoisotopic (exact) mass is 337 g/mol. The van der Waals surface area contributed by atoms with Crippen molar-refractivity contribution in [3.63, 3.8) is 0 Å². The van der Waals surface area contributed by atoms with Crippen molar-refractivity contribution in [3.8, 4) is 11.3 Å². The molecule has 1 amide bonds. The molecule has 4 heterocycles. The molecule has 7 heteroatoms. The van der Waals surface area contributed by atoms with Crippen LogP contribution >= 0.6 is 0 Å². The molecule has 0 N–H and O–H groups in total. The number of aryl methyl sites for hydroxylation is 1. The fourth-order valence-corrected chi connectivity index (χ4v) is 3.32. The maximum Gasteiger partial charge on any atom is 0.276 e. The van der Waals surface area contributed by atoms with Crippen LogP contribution in [0.3, 0.4) is 0 Å². The number of amides is 1. The summed E-state index contributed by atoms with van der Waals surface area (Å²) >= 11 is 0. The number of carbonyl (C=O) groups is 1. The van der Waals surface area contributed by atoms with E-state index in [0.29, 0.717) is 18.0 Å². The largest absolute Gasteiger partial charge is 0.355 e. The number of carbonyl (C=O) groups excluding carboxylic acids is 1. The molecule has 1 fully saturated rings. The predicted octanol–water partition coefficient (Wildman–Crippen LogP) is 2.72. The Bertz CT molecular complexity index is 870. The molecule has 0 aliphatic carbocycles. The summed E-state index contributed by atoms with van der Waals surface area (Å²) in [6.45, 7) is 3.38. The van der Waals surface area contributed by atoms with Crippen LogP contribution in [0.25, 0.3) is 11.3 Å². The molecule has 7 nitrogen and oxygen atoms in total. The Balaban J connectivity index is 1.51. The van der Waals surface area contributed by atoms with E-state index in [1.165, 1.54) is 0 Å². The van der Waals surface area contributed by atoms with Crippen LogP contribution < -0.4 is 0 Å². The first kappa shape index (κ1) is 15.6. The lowest BCUT2D eigenvalue weighted by molar-refractivity contribution is 0.0668. The minimum atomic E-state index is -0.0960.